The zero-order chi connectivity index (χ0) is 21.8. The highest BCUT2D eigenvalue weighted by atomic mass is 35.5. The molecule has 1 fully saturated rings. The Balaban J connectivity index is 1.44. The third kappa shape index (κ3) is 5.09. The number of hydrogen-bond acceptors (Lipinski definition) is 3. The number of nitrogens with one attached hydrogen (secondary N) is 2. The minimum Gasteiger partial charge on any atom is -0.356 e. The van der Waals surface area contributed by atoms with E-state index >= 15 is 0 Å². The van der Waals surface area contributed by atoms with Crippen LogP contribution in [0.25, 0.3) is 0 Å². The molecule has 1 aromatic heterocycles. The Morgan fingerprint density at radius 1 is 1.10 bits per heavy atom. The van der Waals surface area contributed by atoms with Crippen molar-refractivity contribution < 1.29 is 9.18 Å². The van der Waals surface area contributed by atoms with Gasteiger partial charge >= 0.3 is 0 Å². The van der Waals surface area contributed by atoms with Gasteiger partial charge in [0.25, 0.3) is 5.91 Å². The maximum atomic E-state index is 13.8. The third-order valence-electron chi connectivity index (χ3n) is 5.37. The normalized spacial score (nSPS) is 12.9. The van der Waals surface area contributed by atoms with E-state index in [9.17, 15) is 9.18 Å². The number of benzene rings is 2. The van der Waals surface area contributed by atoms with Crippen LogP contribution < -0.4 is 5.32 Å². The average molecular weight is 437 g/mol. The Bertz CT molecular complexity index is 1100. The molecule has 2 heterocycles. The maximum Gasteiger partial charge on any atom is 0.257 e. The molecule has 0 saturated carbocycles. The van der Waals surface area contributed by atoms with Crippen molar-refractivity contribution in [2.24, 2.45) is 0 Å². The molecule has 5 nitrogen and oxygen atoms in total. The summed E-state index contributed by atoms with van der Waals surface area (Å²) in [7, 11) is 0. The first-order valence-electron chi connectivity index (χ1n) is 10.1. The Labute approximate surface area is 185 Å². The van der Waals surface area contributed by atoms with Crippen molar-refractivity contribution in [1.29, 1.82) is 5.41 Å². The monoisotopic (exact) mass is 436 g/mol. The fraction of sp³-hybridized carbons (Fsp3) is 0.208. The van der Waals surface area contributed by atoms with Crippen molar-refractivity contribution in [2.75, 3.05) is 18.4 Å². The number of rotatable bonds is 6. The summed E-state index contributed by atoms with van der Waals surface area (Å²) in [6.45, 7) is 1.89. The summed E-state index contributed by atoms with van der Waals surface area (Å²) in [5, 5.41) is 11.4. The number of halogens is 2. The Hall–Kier alpha value is -3.25. The van der Waals surface area contributed by atoms with Crippen LogP contribution in [0.2, 0.25) is 5.02 Å². The lowest BCUT2D eigenvalue weighted by Gasteiger charge is -2.33. The minimum atomic E-state index is -0.466. The van der Waals surface area contributed by atoms with E-state index in [4.69, 9.17) is 17.0 Å². The van der Waals surface area contributed by atoms with E-state index in [0.717, 1.165) is 36.2 Å². The van der Waals surface area contributed by atoms with E-state index in [1.165, 1.54) is 18.3 Å². The number of nitrogens with zero attached hydrogens (tertiary/aromatic N) is 2. The zero-order valence-corrected chi connectivity index (χ0v) is 17.6. The maximum absolute atomic E-state index is 13.8. The van der Waals surface area contributed by atoms with Crippen molar-refractivity contribution in [2.45, 2.75) is 19.3 Å². The molecule has 0 aliphatic carbocycles. The molecule has 158 valence electrons. The van der Waals surface area contributed by atoms with Crippen molar-refractivity contribution in [1.82, 2.24) is 9.88 Å². The van der Waals surface area contributed by atoms with Gasteiger partial charge in [0.2, 0.25) is 0 Å². The second-order valence-corrected chi connectivity index (χ2v) is 7.94. The molecule has 0 spiro atoms. The summed E-state index contributed by atoms with van der Waals surface area (Å²) < 4.78 is 13.8. The lowest BCUT2D eigenvalue weighted by molar-refractivity contribution is 0.102. The van der Waals surface area contributed by atoms with Gasteiger partial charge in [-0.3, -0.25) is 10.2 Å². The van der Waals surface area contributed by atoms with Gasteiger partial charge in [-0.2, -0.15) is 0 Å². The van der Waals surface area contributed by atoms with Crippen LogP contribution in [0.4, 0.5) is 10.2 Å². The number of amidine groups is 1. The van der Waals surface area contributed by atoms with Gasteiger partial charge < -0.3 is 10.2 Å². The Kier molecular flexibility index (Phi) is 6.28. The molecule has 7 heteroatoms. The fourth-order valence-electron chi connectivity index (χ4n) is 3.44. The van der Waals surface area contributed by atoms with Gasteiger partial charge in [-0.25, -0.2) is 9.37 Å². The first-order chi connectivity index (χ1) is 15.0. The number of hydrogen-bond donors (Lipinski definition) is 2. The fourth-order valence-corrected chi connectivity index (χ4v) is 3.55. The largest absolute Gasteiger partial charge is 0.356 e. The molecule has 1 aliphatic rings. The van der Waals surface area contributed by atoms with Gasteiger partial charge in [-0.1, -0.05) is 41.9 Å². The molecule has 1 amide bonds. The quantitative estimate of drug-likeness (QED) is 0.424. The van der Waals surface area contributed by atoms with Gasteiger partial charge in [0.15, 0.2) is 0 Å². The van der Waals surface area contributed by atoms with Crippen LogP contribution in [-0.2, 0) is 12.8 Å². The average Bonchev–Trinajstić information content (AvgIpc) is 2.73. The van der Waals surface area contributed by atoms with E-state index in [1.54, 1.807) is 18.2 Å². The smallest absolute Gasteiger partial charge is 0.257 e. The molecule has 0 radical (unpaired) electrons. The van der Waals surface area contributed by atoms with Crippen molar-refractivity contribution in [3.63, 3.8) is 0 Å². The van der Waals surface area contributed by atoms with Gasteiger partial charge in [0.05, 0.1) is 5.02 Å². The molecule has 0 unspecified atom stereocenters. The van der Waals surface area contributed by atoms with Crippen molar-refractivity contribution in [3.05, 3.63) is 93.9 Å². The molecule has 1 saturated heterocycles. The second kappa shape index (κ2) is 9.27. The Morgan fingerprint density at radius 2 is 1.87 bits per heavy atom. The number of likely N-dealkylation sites (tertiary alicyclic amines) is 1. The van der Waals surface area contributed by atoms with Crippen molar-refractivity contribution in [3.8, 4) is 0 Å². The van der Waals surface area contributed by atoms with Crippen molar-refractivity contribution >= 4 is 29.2 Å². The summed E-state index contributed by atoms with van der Waals surface area (Å²) in [6.07, 6.45) is 3.86. The van der Waals surface area contributed by atoms with E-state index in [1.807, 2.05) is 29.2 Å². The molecule has 2 N–H and O–H groups in total. The van der Waals surface area contributed by atoms with Gasteiger partial charge in [0.1, 0.15) is 17.5 Å². The van der Waals surface area contributed by atoms with E-state index in [0.29, 0.717) is 29.5 Å². The highest BCUT2D eigenvalue weighted by Crippen LogP contribution is 2.18. The molecule has 0 bridgehead atoms. The lowest BCUT2D eigenvalue weighted by atomic mass is 9.98. The molecule has 4 rings (SSSR count). The standard InChI is InChI=1S/C24H22ClFN4O/c25-19-9-11-22(28-15-19)29-24(31)21-14-20(26)10-8-17(21)5-2-16-3-6-18(7-4-16)23(27)30-12-1-13-30/h3-4,6-11,14-15,27H,1-2,5,12-13H2,(H,28,29,31). The number of pyridine rings is 1. The third-order valence-corrected chi connectivity index (χ3v) is 5.59. The van der Waals surface area contributed by atoms with E-state index < -0.39 is 11.7 Å². The first-order valence-corrected chi connectivity index (χ1v) is 10.5. The zero-order valence-electron chi connectivity index (χ0n) is 16.9. The molecule has 3 aromatic rings. The van der Waals surface area contributed by atoms with Gasteiger partial charge in [0, 0.05) is 30.4 Å². The van der Waals surface area contributed by atoms with Crippen LogP contribution in [0.15, 0.2) is 60.8 Å². The van der Waals surface area contributed by atoms with Crippen LogP contribution >= 0.6 is 11.6 Å². The summed E-state index contributed by atoms with van der Waals surface area (Å²) >= 11 is 5.82. The summed E-state index contributed by atoms with van der Waals surface area (Å²) in [5.74, 6) is 0.0328. The number of aromatic nitrogens is 1. The van der Waals surface area contributed by atoms with Gasteiger partial charge in [-0.15, -0.1) is 0 Å². The number of carbonyl (C=O) groups excluding carboxylic acids is 1. The van der Waals surface area contributed by atoms with Crippen LogP contribution in [0.5, 0.6) is 0 Å². The first kappa shape index (κ1) is 21.0. The van der Waals surface area contributed by atoms with Crippen LogP contribution in [0.1, 0.15) is 33.5 Å². The topological polar surface area (TPSA) is 69.1 Å². The predicted molar refractivity (Wildman–Crippen MR) is 120 cm³/mol. The van der Waals surface area contributed by atoms with Crippen LogP contribution in [0.3, 0.4) is 0 Å². The van der Waals surface area contributed by atoms with E-state index in [2.05, 4.69) is 10.3 Å². The Morgan fingerprint density at radius 3 is 2.52 bits per heavy atom. The van der Waals surface area contributed by atoms with Crippen LogP contribution in [0, 0.1) is 11.2 Å². The number of carbonyl (C=O) groups is 1. The lowest BCUT2D eigenvalue weighted by Crippen LogP contribution is -2.42. The molecular formula is C24H22ClFN4O. The van der Waals surface area contributed by atoms with Crippen LogP contribution in [-0.4, -0.2) is 34.7 Å². The number of aryl methyl sites for hydroxylation is 2. The minimum absolute atomic E-state index is 0.285. The highest BCUT2D eigenvalue weighted by molar-refractivity contribution is 6.30. The summed E-state index contributed by atoms with van der Waals surface area (Å²) in [4.78, 5) is 18.8. The molecule has 2 aromatic carbocycles. The van der Waals surface area contributed by atoms with E-state index in [-0.39, 0.29) is 5.56 Å². The highest BCUT2D eigenvalue weighted by Gasteiger charge is 2.18. The number of anilines is 1. The summed E-state index contributed by atoms with van der Waals surface area (Å²) in [6, 6.07) is 15.4. The molecule has 0 atom stereocenters. The molecule has 1 aliphatic heterocycles. The van der Waals surface area contributed by atoms with Gasteiger partial charge in [-0.05, 0) is 54.7 Å². The molecular weight excluding hydrogens is 415 g/mol. The SMILES string of the molecule is N=C(c1ccc(CCc2ccc(F)cc2C(=O)Nc2ccc(Cl)cn2)cc1)N1CCC1. The number of amides is 1. The summed E-state index contributed by atoms with van der Waals surface area (Å²) in [5.41, 5.74) is 3.04. The molecule has 31 heavy (non-hydrogen) atoms. The predicted octanol–water partition coefficient (Wildman–Crippen LogP) is 4.94. The second-order valence-electron chi connectivity index (χ2n) is 7.50.